The van der Waals surface area contributed by atoms with Crippen LogP contribution in [0, 0.1) is 0 Å². The van der Waals surface area contributed by atoms with Crippen molar-refractivity contribution in [2.45, 2.75) is 4.90 Å². The van der Waals surface area contributed by atoms with Gasteiger partial charge in [0.1, 0.15) is 0 Å². The number of hydrogen-bond donors (Lipinski definition) is 2. The summed E-state index contributed by atoms with van der Waals surface area (Å²) in [7, 11) is -3.33. The Morgan fingerprint density at radius 3 is 2.35 bits per heavy atom. The minimum atomic E-state index is -3.33. The maximum Gasteiger partial charge on any atom is 0.255 e. The van der Waals surface area contributed by atoms with E-state index in [0.717, 1.165) is 6.26 Å². The number of hydrogen-bond acceptors (Lipinski definition) is 4. The van der Waals surface area contributed by atoms with E-state index in [9.17, 15) is 13.2 Å². The number of anilines is 2. The molecule has 2 aromatic carbocycles. The zero-order valence-corrected chi connectivity index (χ0v) is 11.6. The van der Waals surface area contributed by atoms with Crippen LogP contribution in [0.3, 0.4) is 0 Å². The Labute approximate surface area is 117 Å². The highest BCUT2D eigenvalue weighted by atomic mass is 32.2. The molecule has 0 radical (unpaired) electrons. The average molecular weight is 290 g/mol. The maximum absolute atomic E-state index is 12.0. The van der Waals surface area contributed by atoms with Crippen LogP contribution in [0.1, 0.15) is 10.4 Å². The van der Waals surface area contributed by atoms with Gasteiger partial charge in [-0.1, -0.05) is 6.07 Å². The molecule has 0 bridgehead atoms. The topological polar surface area (TPSA) is 89.3 Å². The van der Waals surface area contributed by atoms with Crippen LogP contribution in [-0.4, -0.2) is 20.6 Å². The van der Waals surface area contributed by atoms with Crippen molar-refractivity contribution in [1.29, 1.82) is 0 Å². The summed E-state index contributed by atoms with van der Waals surface area (Å²) in [6.07, 6.45) is 1.10. The Bertz CT molecular complexity index is 737. The zero-order valence-electron chi connectivity index (χ0n) is 10.8. The molecular weight excluding hydrogens is 276 g/mol. The van der Waals surface area contributed by atoms with Crippen LogP contribution >= 0.6 is 0 Å². The van der Waals surface area contributed by atoms with Gasteiger partial charge >= 0.3 is 0 Å². The van der Waals surface area contributed by atoms with Gasteiger partial charge in [0.25, 0.3) is 5.91 Å². The van der Waals surface area contributed by atoms with E-state index in [4.69, 9.17) is 5.73 Å². The highest BCUT2D eigenvalue weighted by Gasteiger charge is 2.11. The number of nitrogens with two attached hydrogens (primary N) is 1. The van der Waals surface area contributed by atoms with Gasteiger partial charge in [-0.3, -0.25) is 4.79 Å². The quantitative estimate of drug-likeness (QED) is 0.845. The van der Waals surface area contributed by atoms with E-state index < -0.39 is 9.84 Å². The maximum atomic E-state index is 12.0. The second-order valence-electron chi connectivity index (χ2n) is 4.38. The normalized spacial score (nSPS) is 11.1. The Kier molecular flexibility index (Phi) is 3.76. The summed E-state index contributed by atoms with van der Waals surface area (Å²) >= 11 is 0. The van der Waals surface area contributed by atoms with Crippen LogP contribution in [-0.2, 0) is 9.84 Å². The van der Waals surface area contributed by atoms with Crippen LogP contribution in [0.4, 0.5) is 11.4 Å². The SMILES string of the molecule is CS(=O)(=O)c1cccc(C(=O)Nc2ccc(N)cc2)c1. The van der Waals surface area contributed by atoms with Crippen LogP contribution in [0.25, 0.3) is 0 Å². The number of nitrogens with one attached hydrogen (secondary N) is 1. The molecule has 0 aliphatic heterocycles. The van der Waals surface area contributed by atoms with Gasteiger partial charge in [0.05, 0.1) is 4.90 Å². The van der Waals surface area contributed by atoms with Gasteiger partial charge in [-0.05, 0) is 42.5 Å². The van der Waals surface area contributed by atoms with Crippen molar-refractivity contribution < 1.29 is 13.2 Å². The summed E-state index contributed by atoms with van der Waals surface area (Å²) in [5.74, 6) is -0.375. The van der Waals surface area contributed by atoms with Crippen molar-refractivity contribution in [2.75, 3.05) is 17.3 Å². The fraction of sp³-hybridized carbons (Fsp3) is 0.0714. The number of carbonyl (C=O) groups excluding carboxylic acids is 1. The molecule has 0 heterocycles. The lowest BCUT2D eigenvalue weighted by Crippen LogP contribution is -2.12. The third-order valence-electron chi connectivity index (χ3n) is 2.69. The molecule has 2 rings (SSSR count). The molecule has 104 valence electrons. The Balaban J connectivity index is 2.23. The predicted molar refractivity (Wildman–Crippen MR) is 78.4 cm³/mol. The fourth-order valence-electron chi connectivity index (χ4n) is 1.64. The summed E-state index contributed by atoms with van der Waals surface area (Å²) in [5.41, 5.74) is 7.03. The second-order valence-corrected chi connectivity index (χ2v) is 6.39. The first-order valence-corrected chi connectivity index (χ1v) is 7.72. The molecule has 3 N–H and O–H groups in total. The number of benzene rings is 2. The lowest BCUT2D eigenvalue weighted by atomic mass is 10.2. The van der Waals surface area contributed by atoms with E-state index >= 15 is 0 Å². The van der Waals surface area contributed by atoms with E-state index in [1.807, 2.05) is 0 Å². The minimum Gasteiger partial charge on any atom is -0.399 e. The van der Waals surface area contributed by atoms with E-state index in [2.05, 4.69) is 5.32 Å². The highest BCUT2D eigenvalue weighted by Crippen LogP contribution is 2.15. The van der Waals surface area contributed by atoms with Crippen LogP contribution in [0.5, 0.6) is 0 Å². The molecule has 0 aliphatic rings. The van der Waals surface area contributed by atoms with Crippen LogP contribution in [0.15, 0.2) is 53.4 Å². The van der Waals surface area contributed by atoms with Gasteiger partial charge in [0.15, 0.2) is 9.84 Å². The first-order valence-electron chi connectivity index (χ1n) is 5.83. The molecule has 0 saturated carbocycles. The first kappa shape index (κ1) is 14.1. The number of amides is 1. The summed E-state index contributed by atoms with van der Waals surface area (Å²) < 4.78 is 22.9. The molecule has 0 unspecified atom stereocenters. The molecule has 0 aliphatic carbocycles. The van der Waals surface area contributed by atoms with E-state index in [1.54, 1.807) is 30.3 Å². The molecule has 0 spiro atoms. The Morgan fingerprint density at radius 2 is 1.75 bits per heavy atom. The first-order chi connectivity index (χ1) is 9.36. The van der Waals surface area contributed by atoms with Crippen molar-refractivity contribution in [1.82, 2.24) is 0 Å². The molecule has 20 heavy (non-hydrogen) atoms. The smallest absolute Gasteiger partial charge is 0.255 e. The number of nitrogen functional groups attached to an aromatic ring is 1. The summed E-state index contributed by atoms with van der Waals surface area (Å²) in [6.45, 7) is 0. The molecule has 0 saturated heterocycles. The number of rotatable bonds is 3. The van der Waals surface area contributed by atoms with Gasteiger partial charge in [0, 0.05) is 23.2 Å². The van der Waals surface area contributed by atoms with Gasteiger partial charge in [-0.25, -0.2) is 8.42 Å². The fourth-order valence-corrected chi connectivity index (χ4v) is 2.30. The van der Waals surface area contributed by atoms with Crippen LogP contribution < -0.4 is 11.1 Å². The number of carbonyl (C=O) groups is 1. The third kappa shape index (κ3) is 3.36. The van der Waals surface area contributed by atoms with Crippen molar-refractivity contribution >= 4 is 27.1 Å². The zero-order chi connectivity index (χ0) is 14.8. The van der Waals surface area contributed by atoms with E-state index in [1.165, 1.54) is 18.2 Å². The van der Waals surface area contributed by atoms with Crippen molar-refractivity contribution in [3.63, 3.8) is 0 Å². The van der Waals surface area contributed by atoms with Gasteiger partial charge < -0.3 is 11.1 Å². The molecule has 5 nitrogen and oxygen atoms in total. The lowest BCUT2D eigenvalue weighted by Gasteiger charge is -2.06. The third-order valence-corrected chi connectivity index (χ3v) is 3.80. The number of sulfone groups is 1. The summed E-state index contributed by atoms with van der Waals surface area (Å²) in [6, 6.07) is 12.6. The highest BCUT2D eigenvalue weighted by molar-refractivity contribution is 7.90. The van der Waals surface area contributed by atoms with Gasteiger partial charge in [0.2, 0.25) is 0 Å². The van der Waals surface area contributed by atoms with Crippen LogP contribution in [0.2, 0.25) is 0 Å². The Hall–Kier alpha value is -2.34. The molecule has 6 heteroatoms. The summed E-state index contributed by atoms with van der Waals surface area (Å²) in [4.78, 5) is 12.2. The van der Waals surface area contributed by atoms with Crippen molar-refractivity contribution in [3.05, 3.63) is 54.1 Å². The molecule has 0 atom stereocenters. The molecular formula is C14H14N2O3S. The molecule has 2 aromatic rings. The molecule has 0 aromatic heterocycles. The van der Waals surface area contributed by atoms with Crippen molar-refractivity contribution in [2.24, 2.45) is 0 Å². The monoisotopic (exact) mass is 290 g/mol. The van der Waals surface area contributed by atoms with E-state index in [0.29, 0.717) is 11.4 Å². The van der Waals surface area contributed by atoms with Gasteiger partial charge in [-0.15, -0.1) is 0 Å². The predicted octanol–water partition coefficient (Wildman–Crippen LogP) is 1.92. The van der Waals surface area contributed by atoms with Gasteiger partial charge in [-0.2, -0.15) is 0 Å². The molecule has 1 amide bonds. The molecule has 0 fully saturated rings. The lowest BCUT2D eigenvalue weighted by molar-refractivity contribution is 0.102. The summed E-state index contributed by atoms with van der Waals surface area (Å²) in [5, 5.41) is 2.67. The van der Waals surface area contributed by atoms with Crippen molar-refractivity contribution in [3.8, 4) is 0 Å². The minimum absolute atomic E-state index is 0.113. The average Bonchev–Trinajstić information content (AvgIpc) is 2.40. The standard InChI is InChI=1S/C14H14N2O3S/c1-20(18,19)13-4-2-3-10(9-13)14(17)16-12-7-5-11(15)6-8-12/h2-9H,15H2,1H3,(H,16,17). The van der Waals surface area contributed by atoms with E-state index in [-0.39, 0.29) is 16.4 Å². The Morgan fingerprint density at radius 1 is 1.10 bits per heavy atom. The largest absolute Gasteiger partial charge is 0.399 e. The second kappa shape index (κ2) is 5.34.